The average molecular weight is 336 g/mol. The monoisotopic (exact) mass is 336 g/mol. The number of carbonyl (C=O) groups excluding carboxylic acids is 1. The molecule has 0 spiro atoms. The molecule has 0 saturated heterocycles. The number of anilines is 2. The van der Waals surface area contributed by atoms with E-state index < -0.39 is 0 Å². The Kier molecular flexibility index (Phi) is 5.14. The molecular weight excluding hydrogens is 312 g/mol. The highest BCUT2D eigenvalue weighted by molar-refractivity contribution is 6.54. The first-order valence-electron chi connectivity index (χ1n) is 8.66. The molecule has 130 valence electrons. The second-order valence-electron chi connectivity index (χ2n) is 6.00. The van der Waals surface area contributed by atoms with Crippen molar-refractivity contribution in [3.8, 4) is 0 Å². The van der Waals surface area contributed by atoms with Gasteiger partial charge in [0.15, 0.2) is 5.71 Å². The Morgan fingerprint density at radius 3 is 2.28 bits per heavy atom. The van der Waals surface area contributed by atoms with Crippen LogP contribution in [0.3, 0.4) is 0 Å². The Hall–Kier alpha value is -2.66. The van der Waals surface area contributed by atoms with Gasteiger partial charge in [-0.3, -0.25) is 19.6 Å². The van der Waals surface area contributed by atoms with Crippen LogP contribution in [0, 0.1) is 0 Å². The van der Waals surface area contributed by atoms with Gasteiger partial charge in [0.05, 0.1) is 18.0 Å². The predicted octanol–water partition coefficient (Wildman–Crippen LogP) is 3.17. The molecule has 1 aliphatic heterocycles. The highest BCUT2D eigenvalue weighted by Crippen LogP contribution is 2.30. The SMILES string of the molecule is CCN(CC)CN1C(=O)C(=NN(C)c2ccccc2)c2ccccc21. The number of hydrazone groups is 1. The van der Waals surface area contributed by atoms with E-state index in [-0.39, 0.29) is 5.91 Å². The molecule has 0 aromatic heterocycles. The summed E-state index contributed by atoms with van der Waals surface area (Å²) in [5.74, 6) is -0.0455. The molecule has 0 saturated carbocycles. The maximum atomic E-state index is 13.0. The molecule has 25 heavy (non-hydrogen) atoms. The lowest BCUT2D eigenvalue weighted by atomic mass is 10.1. The number of hydrogen-bond donors (Lipinski definition) is 0. The zero-order valence-corrected chi connectivity index (χ0v) is 15.0. The van der Waals surface area contributed by atoms with Gasteiger partial charge in [-0.05, 0) is 31.3 Å². The fourth-order valence-electron chi connectivity index (χ4n) is 2.97. The predicted molar refractivity (Wildman–Crippen MR) is 103 cm³/mol. The minimum Gasteiger partial charge on any atom is -0.293 e. The summed E-state index contributed by atoms with van der Waals surface area (Å²) in [5.41, 5.74) is 3.26. The van der Waals surface area contributed by atoms with Crippen LogP contribution >= 0.6 is 0 Å². The molecule has 0 N–H and O–H groups in total. The summed E-state index contributed by atoms with van der Waals surface area (Å²) in [6.07, 6.45) is 0. The normalized spacial score (nSPS) is 15.1. The van der Waals surface area contributed by atoms with E-state index in [1.54, 1.807) is 5.01 Å². The van der Waals surface area contributed by atoms with Crippen LogP contribution in [0.4, 0.5) is 11.4 Å². The minimum absolute atomic E-state index is 0.0455. The van der Waals surface area contributed by atoms with Crippen LogP contribution in [-0.2, 0) is 4.79 Å². The number of rotatable bonds is 6. The van der Waals surface area contributed by atoms with Crippen molar-refractivity contribution in [3.05, 3.63) is 60.2 Å². The van der Waals surface area contributed by atoms with Gasteiger partial charge in [0, 0.05) is 12.6 Å². The molecule has 0 radical (unpaired) electrons. The molecule has 1 heterocycles. The van der Waals surface area contributed by atoms with E-state index in [1.807, 2.05) is 66.5 Å². The molecule has 5 heteroatoms. The largest absolute Gasteiger partial charge is 0.293 e. The van der Waals surface area contributed by atoms with Crippen LogP contribution < -0.4 is 9.91 Å². The molecular formula is C20H24N4O. The molecule has 0 unspecified atom stereocenters. The van der Waals surface area contributed by atoms with Gasteiger partial charge in [0.25, 0.3) is 5.91 Å². The third-order valence-electron chi connectivity index (χ3n) is 4.51. The number of fused-ring (bicyclic) bond motifs is 1. The number of amides is 1. The molecule has 3 rings (SSSR count). The average Bonchev–Trinajstić information content (AvgIpc) is 2.92. The maximum absolute atomic E-state index is 13.0. The Labute approximate surface area is 149 Å². The van der Waals surface area contributed by atoms with Gasteiger partial charge in [-0.1, -0.05) is 50.2 Å². The number of para-hydroxylation sites is 2. The van der Waals surface area contributed by atoms with E-state index in [4.69, 9.17) is 0 Å². The van der Waals surface area contributed by atoms with Gasteiger partial charge in [0.2, 0.25) is 0 Å². The standard InChI is InChI=1S/C20H24N4O/c1-4-23(5-2)15-24-18-14-10-9-13-17(18)19(20(24)25)21-22(3)16-11-7-6-8-12-16/h6-14H,4-5,15H2,1-3H3. The van der Waals surface area contributed by atoms with E-state index in [0.717, 1.165) is 30.0 Å². The van der Waals surface area contributed by atoms with Crippen molar-refractivity contribution >= 4 is 23.0 Å². The topological polar surface area (TPSA) is 39.1 Å². The van der Waals surface area contributed by atoms with Gasteiger partial charge in [-0.15, -0.1) is 0 Å². The fourth-order valence-corrected chi connectivity index (χ4v) is 2.97. The highest BCUT2D eigenvalue weighted by Gasteiger charge is 2.34. The van der Waals surface area contributed by atoms with Crippen molar-refractivity contribution in [2.24, 2.45) is 5.10 Å². The first-order chi connectivity index (χ1) is 12.2. The van der Waals surface area contributed by atoms with Crippen LogP contribution in [-0.4, -0.2) is 43.3 Å². The van der Waals surface area contributed by atoms with Crippen molar-refractivity contribution in [1.29, 1.82) is 0 Å². The van der Waals surface area contributed by atoms with Crippen molar-refractivity contribution in [1.82, 2.24) is 4.90 Å². The van der Waals surface area contributed by atoms with Crippen molar-refractivity contribution in [2.75, 3.05) is 36.7 Å². The molecule has 5 nitrogen and oxygen atoms in total. The summed E-state index contributed by atoms with van der Waals surface area (Å²) in [7, 11) is 1.87. The van der Waals surface area contributed by atoms with Gasteiger partial charge in [-0.2, -0.15) is 5.10 Å². The maximum Gasteiger partial charge on any atom is 0.280 e. The summed E-state index contributed by atoms with van der Waals surface area (Å²) >= 11 is 0. The van der Waals surface area contributed by atoms with Crippen LogP contribution in [0.25, 0.3) is 0 Å². The summed E-state index contributed by atoms with van der Waals surface area (Å²) in [6, 6.07) is 17.7. The van der Waals surface area contributed by atoms with E-state index >= 15 is 0 Å². The fraction of sp³-hybridized carbons (Fsp3) is 0.300. The Balaban J connectivity index is 1.95. The summed E-state index contributed by atoms with van der Waals surface area (Å²) < 4.78 is 0. The Bertz CT molecular complexity index is 768. The lowest BCUT2D eigenvalue weighted by molar-refractivity contribution is -0.112. The van der Waals surface area contributed by atoms with Crippen molar-refractivity contribution in [2.45, 2.75) is 13.8 Å². The zero-order chi connectivity index (χ0) is 17.8. The number of nitrogens with zero attached hydrogens (tertiary/aromatic N) is 4. The van der Waals surface area contributed by atoms with E-state index in [9.17, 15) is 4.79 Å². The van der Waals surface area contributed by atoms with Crippen LogP contribution in [0.15, 0.2) is 59.7 Å². The van der Waals surface area contributed by atoms with Gasteiger partial charge in [0.1, 0.15) is 0 Å². The summed E-state index contributed by atoms with van der Waals surface area (Å²) in [4.78, 5) is 17.1. The van der Waals surface area contributed by atoms with Crippen molar-refractivity contribution in [3.63, 3.8) is 0 Å². The summed E-state index contributed by atoms with van der Waals surface area (Å²) in [6.45, 7) is 6.59. The lowest BCUT2D eigenvalue weighted by Gasteiger charge is -2.25. The van der Waals surface area contributed by atoms with Crippen molar-refractivity contribution < 1.29 is 4.79 Å². The third-order valence-corrected chi connectivity index (χ3v) is 4.51. The molecule has 1 amide bonds. The third kappa shape index (κ3) is 3.42. The van der Waals surface area contributed by atoms with Gasteiger partial charge < -0.3 is 0 Å². The molecule has 2 aromatic carbocycles. The second-order valence-corrected chi connectivity index (χ2v) is 6.00. The summed E-state index contributed by atoms with van der Waals surface area (Å²) in [5, 5.41) is 6.37. The second kappa shape index (κ2) is 7.49. The number of carbonyl (C=O) groups is 1. The Morgan fingerprint density at radius 2 is 1.60 bits per heavy atom. The zero-order valence-electron chi connectivity index (χ0n) is 15.0. The van der Waals surface area contributed by atoms with E-state index in [0.29, 0.717) is 12.4 Å². The van der Waals surface area contributed by atoms with Crippen LogP contribution in [0.2, 0.25) is 0 Å². The van der Waals surface area contributed by atoms with Gasteiger partial charge >= 0.3 is 0 Å². The molecule has 2 aromatic rings. The minimum atomic E-state index is -0.0455. The van der Waals surface area contributed by atoms with Crippen LogP contribution in [0.5, 0.6) is 0 Å². The molecule has 0 aliphatic carbocycles. The van der Waals surface area contributed by atoms with Crippen LogP contribution in [0.1, 0.15) is 19.4 Å². The lowest BCUT2D eigenvalue weighted by Crippen LogP contribution is -2.41. The highest BCUT2D eigenvalue weighted by atomic mass is 16.2. The quantitative estimate of drug-likeness (QED) is 0.761. The smallest absolute Gasteiger partial charge is 0.280 e. The molecule has 0 atom stereocenters. The first-order valence-corrected chi connectivity index (χ1v) is 8.66. The molecule has 1 aliphatic rings. The van der Waals surface area contributed by atoms with E-state index in [2.05, 4.69) is 23.8 Å². The van der Waals surface area contributed by atoms with Gasteiger partial charge in [-0.25, -0.2) is 0 Å². The Morgan fingerprint density at radius 1 is 0.960 bits per heavy atom. The first kappa shape index (κ1) is 17.2. The molecule has 0 fully saturated rings. The number of hydrogen-bond acceptors (Lipinski definition) is 4. The number of benzene rings is 2. The van der Waals surface area contributed by atoms with E-state index in [1.165, 1.54) is 0 Å². The molecule has 0 bridgehead atoms.